The van der Waals surface area contributed by atoms with Gasteiger partial charge in [-0.25, -0.2) is 4.98 Å². The van der Waals surface area contributed by atoms with E-state index in [1.807, 2.05) is 54.7 Å². The Kier molecular flexibility index (Phi) is 5.05. The van der Waals surface area contributed by atoms with Crippen LogP contribution in [0.5, 0.6) is 11.5 Å². The van der Waals surface area contributed by atoms with Crippen molar-refractivity contribution in [2.75, 3.05) is 7.11 Å². The number of aromatic amines is 2. The van der Waals surface area contributed by atoms with E-state index < -0.39 is 6.36 Å². The number of rotatable bonds is 5. The number of methoxy groups -OCH3 is 1. The lowest BCUT2D eigenvalue weighted by Gasteiger charge is -2.09. The van der Waals surface area contributed by atoms with E-state index in [9.17, 15) is 13.2 Å². The number of H-pyrrole nitrogens is 2. The number of ether oxygens (including phenoxy) is 2. The summed E-state index contributed by atoms with van der Waals surface area (Å²) in [6.45, 7) is 0. The number of nitrogens with one attached hydrogen (secondary N) is 2. The van der Waals surface area contributed by atoms with E-state index in [4.69, 9.17) is 9.72 Å². The summed E-state index contributed by atoms with van der Waals surface area (Å²) in [5.41, 5.74) is 4.58. The van der Waals surface area contributed by atoms with Gasteiger partial charge >= 0.3 is 6.36 Å². The lowest BCUT2D eigenvalue weighted by Crippen LogP contribution is -2.17. The molecule has 2 N–H and O–H groups in total. The first-order valence-electron chi connectivity index (χ1n) is 10.1. The van der Waals surface area contributed by atoms with E-state index >= 15 is 0 Å². The molecule has 0 fully saturated rings. The van der Waals surface area contributed by atoms with Crippen LogP contribution in [0.25, 0.3) is 44.8 Å². The van der Waals surface area contributed by atoms with E-state index in [2.05, 4.69) is 14.7 Å². The van der Waals surface area contributed by atoms with Crippen LogP contribution in [0.15, 0.2) is 79.0 Å². The summed E-state index contributed by atoms with van der Waals surface area (Å²) in [4.78, 5) is 11.3. The van der Waals surface area contributed by atoms with E-state index in [0.29, 0.717) is 22.8 Å². The molecule has 0 saturated carbocycles. The molecule has 2 heterocycles. The second-order valence-electron chi connectivity index (χ2n) is 7.36. The smallest absolute Gasteiger partial charge is 0.497 e. The van der Waals surface area contributed by atoms with Gasteiger partial charge in [-0.3, -0.25) is 0 Å². The number of para-hydroxylation sites is 1. The fourth-order valence-corrected chi connectivity index (χ4v) is 3.78. The molecule has 3 aromatic carbocycles. The largest absolute Gasteiger partial charge is 0.573 e. The number of hydrogen-bond acceptors (Lipinski definition) is 3. The van der Waals surface area contributed by atoms with E-state index in [-0.39, 0.29) is 5.75 Å². The van der Waals surface area contributed by atoms with Crippen LogP contribution in [0, 0.1) is 0 Å². The number of aromatic nitrogens is 3. The number of alkyl halides is 3. The van der Waals surface area contributed by atoms with Crippen molar-refractivity contribution in [3.63, 3.8) is 0 Å². The van der Waals surface area contributed by atoms with Crippen molar-refractivity contribution in [1.82, 2.24) is 15.0 Å². The monoisotopic (exact) mass is 449 g/mol. The molecule has 0 aliphatic carbocycles. The molecule has 0 radical (unpaired) electrons. The third-order valence-corrected chi connectivity index (χ3v) is 5.27. The standard InChI is InChI=1S/C25H18F3N3O2/c1-32-17-11-9-15(10-12-17)22-23(20-14-29-21-8-3-2-7-19(20)21)31-24(30-22)16-5-4-6-18(13-16)33-25(26,27)28/h2-14,29H,1H3,(H,30,31). The first-order chi connectivity index (χ1) is 15.9. The summed E-state index contributed by atoms with van der Waals surface area (Å²) in [5, 5.41) is 0.997. The zero-order chi connectivity index (χ0) is 23.0. The van der Waals surface area contributed by atoms with Crippen molar-refractivity contribution in [2.45, 2.75) is 6.36 Å². The SMILES string of the molecule is COc1ccc(-c2nc(-c3cccc(OC(F)(F)F)c3)[nH]c2-c2c[nH]c3ccccc23)cc1. The lowest BCUT2D eigenvalue weighted by molar-refractivity contribution is -0.274. The molecule has 0 aliphatic rings. The van der Waals surface area contributed by atoms with Gasteiger partial charge in [-0.2, -0.15) is 0 Å². The van der Waals surface area contributed by atoms with Gasteiger partial charge in [0.15, 0.2) is 0 Å². The summed E-state index contributed by atoms with van der Waals surface area (Å²) in [6.07, 6.45) is -2.89. The van der Waals surface area contributed by atoms with Crippen molar-refractivity contribution < 1.29 is 22.6 Å². The highest BCUT2D eigenvalue weighted by Gasteiger charge is 2.31. The van der Waals surface area contributed by atoms with Crippen LogP contribution in [0.1, 0.15) is 0 Å². The number of imidazole rings is 1. The molecule has 0 saturated heterocycles. The van der Waals surface area contributed by atoms with Crippen LogP contribution >= 0.6 is 0 Å². The molecule has 2 aromatic heterocycles. The van der Waals surface area contributed by atoms with Gasteiger partial charge < -0.3 is 19.4 Å². The lowest BCUT2D eigenvalue weighted by atomic mass is 10.0. The Morgan fingerprint density at radius 2 is 1.64 bits per heavy atom. The average molecular weight is 449 g/mol. The van der Waals surface area contributed by atoms with Crippen molar-refractivity contribution in [3.05, 3.63) is 79.0 Å². The molecule has 0 atom stereocenters. The zero-order valence-corrected chi connectivity index (χ0v) is 17.4. The van der Waals surface area contributed by atoms with Gasteiger partial charge in [-0.15, -0.1) is 13.2 Å². The van der Waals surface area contributed by atoms with Crippen LogP contribution in [-0.2, 0) is 0 Å². The minimum absolute atomic E-state index is 0.309. The Labute approximate surface area is 186 Å². The summed E-state index contributed by atoms with van der Waals surface area (Å²) in [5.74, 6) is 0.824. The van der Waals surface area contributed by atoms with Gasteiger partial charge in [0.1, 0.15) is 17.3 Å². The minimum atomic E-state index is -4.77. The van der Waals surface area contributed by atoms with Gasteiger partial charge in [0, 0.05) is 33.8 Å². The predicted molar refractivity (Wildman–Crippen MR) is 120 cm³/mol. The third-order valence-electron chi connectivity index (χ3n) is 5.27. The molecule has 33 heavy (non-hydrogen) atoms. The Balaban J connectivity index is 1.66. The second-order valence-corrected chi connectivity index (χ2v) is 7.36. The van der Waals surface area contributed by atoms with Gasteiger partial charge in [-0.1, -0.05) is 30.3 Å². The molecule has 8 heteroatoms. The Hall–Kier alpha value is -4.20. The number of fused-ring (bicyclic) bond motifs is 1. The van der Waals surface area contributed by atoms with Crippen LogP contribution in [0.2, 0.25) is 0 Å². The highest BCUT2D eigenvalue weighted by Crippen LogP contribution is 2.37. The van der Waals surface area contributed by atoms with E-state index in [1.165, 1.54) is 18.2 Å². The van der Waals surface area contributed by atoms with Crippen LogP contribution < -0.4 is 9.47 Å². The van der Waals surface area contributed by atoms with Crippen LogP contribution in [0.4, 0.5) is 13.2 Å². The predicted octanol–water partition coefficient (Wildman–Crippen LogP) is 6.80. The molecule has 5 aromatic rings. The molecular weight excluding hydrogens is 431 g/mol. The summed E-state index contributed by atoms with van der Waals surface area (Å²) in [7, 11) is 1.59. The zero-order valence-electron chi connectivity index (χ0n) is 17.4. The number of benzene rings is 3. The highest BCUT2D eigenvalue weighted by atomic mass is 19.4. The third kappa shape index (κ3) is 4.15. The maximum absolute atomic E-state index is 12.7. The average Bonchev–Trinajstić information content (AvgIpc) is 3.43. The fraction of sp³-hybridized carbons (Fsp3) is 0.0800. The van der Waals surface area contributed by atoms with Crippen LogP contribution in [0.3, 0.4) is 0 Å². The number of hydrogen-bond donors (Lipinski definition) is 2. The molecule has 166 valence electrons. The number of nitrogens with zero attached hydrogens (tertiary/aromatic N) is 1. The fourth-order valence-electron chi connectivity index (χ4n) is 3.78. The Bertz CT molecular complexity index is 1420. The second kappa shape index (κ2) is 8.05. The molecule has 0 aliphatic heterocycles. The van der Waals surface area contributed by atoms with E-state index in [0.717, 1.165) is 27.7 Å². The maximum atomic E-state index is 12.7. The van der Waals surface area contributed by atoms with Gasteiger partial charge in [-0.05, 0) is 42.5 Å². The minimum Gasteiger partial charge on any atom is -0.497 e. The summed E-state index contributed by atoms with van der Waals surface area (Å²) >= 11 is 0. The van der Waals surface area contributed by atoms with E-state index in [1.54, 1.807) is 13.2 Å². The molecule has 0 bridgehead atoms. The highest BCUT2D eigenvalue weighted by molar-refractivity contribution is 5.98. The quantitative estimate of drug-likeness (QED) is 0.310. The van der Waals surface area contributed by atoms with Crippen molar-refractivity contribution in [2.24, 2.45) is 0 Å². The van der Waals surface area contributed by atoms with Gasteiger partial charge in [0.05, 0.1) is 18.5 Å². The normalized spacial score (nSPS) is 11.6. The van der Waals surface area contributed by atoms with Crippen molar-refractivity contribution in [1.29, 1.82) is 0 Å². The summed E-state index contributed by atoms with van der Waals surface area (Å²) in [6, 6.07) is 21.0. The topological polar surface area (TPSA) is 62.9 Å². The first-order valence-corrected chi connectivity index (χ1v) is 10.1. The Morgan fingerprint density at radius 3 is 2.39 bits per heavy atom. The van der Waals surface area contributed by atoms with Gasteiger partial charge in [0.25, 0.3) is 0 Å². The molecule has 0 amide bonds. The van der Waals surface area contributed by atoms with Crippen LogP contribution in [-0.4, -0.2) is 28.4 Å². The first kappa shape index (κ1) is 20.7. The Morgan fingerprint density at radius 1 is 0.848 bits per heavy atom. The molecule has 5 rings (SSSR count). The maximum Gasteiger partial charge on any atom is 0.573 e. The van der Waals surface area contributed by atoms with Crippen molar-refractivity contribution in [3.8, 4) is 45.4 Å². The summed E-state index contributed by atoms with van der Waals surface area (Å²) < 4.78 is 47.4. The molecule has 5 nitrogen and oxygen atoms in total. The molecular formula is C25H18F3N3O2. The molecule has 0 spiro atoms. The molecule has 0 unspecified atom stereocenters. The van der Waals surface area contributed by atoms with Gasteiger partial charge in [0.2, 0.25) is 0 Å². The van der Waals surface area contributed by atoms with Crippen molar-refractivity contribution >= 4 is 10.9 Å². The number of halogens is 3.